The number of carbonyl (C=O) groups is 5. The molecule has 2 aliphatic rings. The van der Waals surface area contributed by atoms with E-state index in [4.69, 9.17) is 35.3 Å². The van der Waals surface area contributed by atoms with Crippen LogP contribution in [0, 0.1) is 0 Å². The molecule has 2 heterocycles. The predicted octanol–water partition coefficient (Wildman–Crippen LogP) is 14.8. The molecule has 101 heavy (non-hydrogen) atoms. The fraction of sp³-hybridized carbons (Fsp3) is 0.414. The summed E-state index contributed by atoms with van der Waals surface area (Å²) in [5, 5.41) is 11.7. The molecule has 0 spiro atoms. The molecule has 6 aromatic rings. The van der Waals surface area contributed by atoms with Crippen molar-refractivity contribution in [3.8, 4) is 0 Å². The van der Waals surface area contributed by atoms with Gasteiger partial charge in [0.1, 0.15) is 18.8 Å². The first-order valence-electron chi connectivity index (χ1n) is 31.2. The van der Waals surface area contributed by atoms with Crippen LogP contribution in [-0.2, 0) is 82.3 Å². The molecule has 552 valence electrons. The zero-order valence-electron chi connectivity index (χ0n) is 54.8. The molecular formula is C70H81ClF12N8O10. The van der Waals surface area contributed by atoms with Gasteiger partial charge in [0.25, 0.3) is 5.91 Å². The van der Waals surface area contributed by atoms with Crippen LogP contribution in [0.1, 0.15) is 136 Å². The molecule has 0 aliphatic carbocycles. The zero-order chi connectivity index (χ0) is 73.5. The number of alkyl halides is 12. The molecule has 8 N–H and O–H groups in total. The molecule has 0 unspecified atom stereocenters. The van der Waals surface area contributed by atoms with Gasteiger partial charge in [-0.3, -0.25) is 15.0 Å². The number of rotatable bonds is 20. The molecule has 2 saturated heterocycles. The first-order valence-corrected chi connectivity index (χ1v) is 31.6. The van der Waals surface area contributed by atoms with Crippen LogP contribution in [0.15, 0.2) is 158 Å². The first-order chi connectivity index (χ1) is 46.9. The molecule has 0 saturated carbocycles. The van der Waals surface area contributed by atoms with E-state index >= 15 is 0 Å². The lowest BCUT2D eigenvalue weighted by Gasteiger charge is -2.42. The Morgan fingerprint density at radius 1 is 0.495 bits per heavy atom. The van der Waals surface area contributed by atoms with Crippen molar-refractivity contribution in [1.82, 2.24) is 43.0 Å². The van der Waals surface area contributed by atoms with E-state index in [0.29, 0.717) is 56.6 Å². The highest BCUT2D eigenvalue weighted by atomic mass is 35.5. The minimum absolute atomic E-state index is 0. The van der Waals surface area contributed by atoms with Gasteiger partial charge in [-0.25, -0.2) is 30.7 Å². The monoisotopic (exact) mass is 1460 g/mol. The first kappa shape index (κ1) is 83.1. The van der Waals surface area contributed by atoms with E-state index < -0.39 is 105 Å². The van der Waals surface area contributed by atoms with Gasteiger partial charge in [0, 0.05) is 25.2 Å². The highest BCUT2D eigenvalue weighted by molar-refractivity contribution is 6.63. The summed E-state index contributed by atoms with van der Waals surface area (Å²) in [6, 6.07) is 37.8. The Hall–Kier alpha value is -8.52. The van der Waals surface area contributed by atoms with E-state index in [9.17, 15) is 76.7 Å². The van der Waals surface area contributed by atoms with Crippen LogP contribution >= 0.6 is 11.6 Å². The number of nitrogens with one attached hydrogen (secondary N) is 8. The second-order valence-electron chi connectivity index (χ2n) is 24.4. The fourth-order valence-electron chi connectivity index (χ4n) is 10.4. The lowest BCUT2D eigenvalue weighted by Crippen LogP contribution is -2.59. The number of hydrogen-bond donors (Lipinski definition) is 8. The SMILES string of the molecule is C.C[C@@H](OC[C@@]1(c2ccccc2)CC[C@H](NC(=O)NNC(=O)COCc2ccccc2)CN1)c1cc(C(F)(F)F)cc(C(F)(F)F)c1.C[C@@H](OC[C@@]1(c2ccccc2)CC[C@H](NC(=O)NNC(=O)OC(C)(C)C)CN1)c1cc(C(F)(F)F)cc(C(F)(F)F)c1.O=C(Cl)COCc1ccccc1. The van der Waals surface area contributed by atoms with Crippen LogP contribution in [0.4, 0.5) is 67.1 Å². The molecule has 0 radical (unpaired) electrons. The van der Waals surface area contributed by atoms with Gasteiger partial charge < -0.3 is 45.0 Å². The van der Waals surface area contributed by atoms with E-state index in [1.54, 1.807) is 57.2 Å². The van der Waals surface area contributed by atoms with Crippen molar-refractivity contribution in [2.45, 2.75) is 147 Å². The predicted molar refractivity (Wildman–Crippen MR) is 351 cm³/mol. The minimum atomic E-state index is -4.97. The molecular weight excluding hydrogens is 1380 g/mol. The van der Waals surface area contributed by atoms with E-state index in [-0.39, 0.29) is 88.9 Å². The molecule has 6 aromatic carbocycles. The van der Waals surface area contributed by atoms with Crippen LogP contribution in [-0.4, -0.2) is 86.5 Å². The Balaban J connectivity index is 0.000000310. The van der Waals surface area contributed by atoms with Crippen molar-refractivity contribution in [1.29, 1.82) is 0 Å². The van der Waals surface area contributed by atoms with Crippen molar-refractivity contribution in [2.75, 3.05) is 39.5 Å². The Morgan fingerprint density at radius 3 is 1.15 bits per heavy atom. The van der Waals surface area contributed by atoms with Gasteiger partial charge in [0.15, 0.2) is 0 Å². The Kier molecular flexibility index (Phi) is 30.8. The maximum Gasteiger partial charge on any atom is 0.426 e. The summed E-state index contributed by atoms with van der Waals surface area (Å²) < 4.78 is 188. The Labute approximate surface area is 581 Å². The molecule has 0 aromatic heterocycles. The molecule has 0 bridgehead atoms. The molecule has 2 aliphatic heterocycles. The van der Waals surface area contributed by atoms with Gasteiger partial charge in [-0.1, -0.05) is 129 Å². The van der Waals surface area contributed by atoms with Gasteiger partial charge >= 0.3 is 42.9 Å². The van der Waals surface area contributed by atoms with E-state index in [2.05, 4.69) is 43.0 Å². The number of urea groups is 2. The van der Waals surface area contributed by atoms with Crippen molar-refractivity contribution in [3.63, 3.8) is 0 Å². The van der Waals surface area contributed by atoms with E-state index in [1.807, 2.05) is 84.9 Å². The smallest absolute Gasteiger partial charge is 0.426 e. The number of amides is 6. The highest BCUT2D eigenvalue weighted by Gasteiger charge is 2.43. The summed E-state index contributed by atoms with van der Waals surface area (Å²) in [5.74, 6) is -0.551. The standard InChI is InChI=1S/C32H34F6N4O4.C28H34F6N4O4.C9H9ClO2.CH4/c1-21(23-14-25(31(33,34)35)16-26(15-23)32(36,37)38)46-20-30(24-10-6-3-7-11-24)13-12-27(17-39-30)40-29(44)42-41-28(43)19-45-18-22-8-4-2-5-9-22;1-17(18-12-20(27(29,30)31)14-21(13-18)28(32,33)34)41-16-26(19-8-6-5-7-9-19)11-10-22(15-35-26)36-23(39)37-38-24(40)42-25(2,3)4;10-9(11)7-12-6-8-4-2-1-3-5-8;/h2-11,14-16,21,27,39H,12-13,17-20H2,1H3,(H,41,43)(H2,40,42,44);5-9,12-14,17,22,35H,10-11,15-16H2,1-4H3,(H,38,40)(H2,36,37,39);1-5H,6-7H2;1H4/t21-,27+,30-;17-,22+,26-;;/m11../s1. The summed E-state index contributed by atoms with van der Waals surface area (Å²) in [6.07, 6.45) is -21.2. The van der Waals surface area contributed by atoms with Crippen LogP contribution in [0.5, 0.6) is 0 Å². The summed E-state index contributed by atoms with van der Waals surface area (Å²) in [7, 11) is 0. The van der Waals surface area contributed by atoms with Crippen molar-refractivity contribution in [2.24, 2.45) is 0 Å². The van der Waals surface area contributed by atoms with Crippen LogP contribution in [0.3, 0.4) is 0 Å². The maximum absolute atomic E-state index is 13.4. The largest absolute Gasteiger partial charge is 0.443 e. The molecule has 2 fully saturated rings. The average Bonchev–Trinajstić information content (AvgIpc) is 0.819. The number of halogens is 13. The Bertz CT molecular complexity index is 3510. The zero-order valence-corrected chi connectivity index (χ0v) is 55.6. The summed E-state index contributed by atoms with van der Waals surface area (Å²) in [6.45, 7) is 8.53. The molecule has 6 atom stereocenters. The molecule has 8 rings (SSSR count). The van der Waals surface area contributed by atoms with Gasteiger partial charge in [-0.2, -0.15) is 52.7 Å². The van der Waals surface area contributed by atoms with Gasteiger partial charge in [0.05, 0.1) is 72.0 Å². The molecule has 18 nitrogen and oxygen atoms in total. The number of benzene rings is 6. The molecule has 6 amide bonds. The fourth-order valence-corrected chi connectivity index (χ4v) is 10.4. The van der Waals surface area contributed by atoms with Crippen LogP contribution in [0.25, 0.3) is 0 Å². The Morgan fingerprint density at radius 2 is 0.832 bits per heavy atom. The second kappa shape index (κ2) is 37.4. The van der Waals surface area contributed by atoms with Gasteiger partial charge in [-0.05, 0) is 142 Å². The van der Waals surface area contributed by atoms with Crippen LogP contribution < -0.4 is 43.0 Å². The quantitative estimate of drug-likeness (QED) is 0.0203. The topological polar surface area (TPSA) is 228 Å². The van der Waals surface area contributed by atoms with Gasteiger partial charge in [-0.15, -0.1) is 0 Å². The molecule has 31 heteroatoms. The number of hydrazine groups is 2. The number of piperidine rings is 2. The summed E-state index contributed by atoms with van der Waals surface area (Å²) >= 11 is 5.08. The lowest BCUT2D eigenvalue weighted by molar-refractivity contribution is -0.145. The third kappa shape index (κ3) is 27.7. The second-order valence-corrected chi connectivity index (χ2v) is 24.8. The number of hydrogen-bond acceptors (Lipinski definition) is 12. The normalized spacial score (nSPS) is 18.4. The van der Waals surface area contributed by atoms with Crippen molar-refractivity contribution < 1.29 is 100 Å². The number of carbonyl (C=O) groups excluding carboxylic acids is 5. The van der Waals surface area contributed by atoms with Crippen molar-refractivity contribution >= 4 is 40.9 Å². The van der Waals surface area contributed by atoms with Gasteiger partial charge in [0.2, 0.25) is 5.24 Å². The van der Waals surface area contributed by atoms with Crippen molar-refractivity contribution in [3.05, 3.63) is 213 Å². The third-order valence-electron chi connectivity index (χ3n) is 15.5. The number of ether oxygens (including phenoxy) is 5. The third-order valence-corrected chi connectivity index (χ3v) is 15.6. The lowest BCUT2D eigenvalue weighted by atomic mass is 9.81. The van der Waals surface area contributed by atoms with E-state index in [1.165, 1.54) is 13.8 Å². The summed E-state index contributed by atoms with van der Waals surface area (Å²) in [4.78, 5) is 58.7. The minimum Gasteiger partial charge on any atom is -0.443 e. The van der Waals surface area contributed by atoms with E-state index in [0.717, 1.165) is 22.3 Å². The average molecular weight is 1460 g/mol. The summed E-state index contributed by atoms with van der Waals surface area (Å²) in [5.41, 5.74) is 3.81. The van der Waals surface area contributed by atoms with Crippen LogP contribution in [0.2, 0.25) is 0 Å². The highest BCUT2D eigenvalue weighted by Crippen LogP contribution is 2.42. The maximum atomic E-state index is 13.4.